The van der Waals surface area contributed by atoms with E-state index in [1.165, 1.54) is 5.69 Å². The highest BCUT2D eigenvalue weighted by Crippen LogP contribution is 2.39. The first kappa shape index (κ1) is 22.0. The third kappa shape index (κ3) is 4.39. The number of hydrogen-bond acceptors (Lipinski definition) is 3. The Morgan fingerprint density at radius 2 is 1.97 bits per heavy atom. The third-order valence-corrected chi connectivity index (χ3v) is 6.51. The fourth-order valence-corrected chi connectivity index (χ4v) is 4.54. The van der Waals surface area contributed by atoms with Gasteiger partial charge in [-0.15, -0.1) is 0 Å². The number of benzene rings is 1. The molecule has 1 fully saturated rings. The Morgan fingerprint density at radius 1 is 1.16 bits per heavy atom. The van der Waals surface area contributed by atoms with E-state index in [1.807, 2.05) is 50.2 Å². The molecule has 2 N–H and O–H groups in total. The largest absolute Gasteiger partial charge is 0.352 e. The topological polar surface area (TPSA) is 62.2 Å². The van der Waals surface area contributed by atoms with Crippen molar-refractivity contribution >= 4 is 28.9 Å². The number of carbonyl (C=O) groups is 1. The standard InChI is InChI=1S/C25H29N5OS/c1-16-8-9-17(2)20(15-16)27-22(31)12-14-30-24(21-11-10-18(3)29(21)4)23(28-25(30)32)19-7-5-6-13-26-19/h5-11,13,15,23-24H,12,14H2,1-4H3,(H,27,31)(H,28,32)/t23-,24-/m1/s1. The summed E-state index contributed by atoms with van der Waals surface area (Å²) in [5, 5.41) is 7.14. The summed E-state index contributed by atoms with van der Waals surface area (Å²) in [7, 11) is 2.06. The number of thiocarbonyl (C=S) groups is 1. The minimum absolute atomic E-state index is 0.0235. The number of aryl methyl sites for hydroxylation is 3. The van der Waals surface area contributed by atoms with E-state index in [0.717, 1.165) is 28.2 Å². The first-order chi connectivity index (χ1) is 15.3. The van der Waals surface area contributed by atoms with Crippen LogP contribution in [0.15, 0.2) is 54.7 Å². The molecule has 1 aliphatic rings. The third-order valence-electron chi connectivity index (χ3n) is 6.16. The van der Waals surface area contributed by atoms with Gasteiger partial charge in [-0.1, -0.05) is 18.2 Å². The molecule has 0 radical (unpaired) electrons. The van der Waals surface area contributed by atoms with Gasteiger partial charge in [0.25, 0.3) is 0 Å². The minimum atomic E-state index is -0.0845. The summed E-state index contributed by atoms with van der Waals surface area (Å²) in [5.74, 6) is -0.0235. The Hall–Kier alpha value is -3.19. The van der Waals surface area contributed by atoms with Crippen molar-refractivity contribution in [1.29, 1.82) is 0 Å². The average Bonchev–Trinajstić information content (AvgIpc) is 3.28. The van der Waals surface area contributed by atoms with Crippen molar-refractivity contribution in [1.82, 2.24) is 19.8 Å². The van der Waals surface area contributed by atoms with Gasteiger partial charge < -0.3 is 20.1 Å². The van der Waals surface area contributed by atoms with Crippen molar-refractivity contribution in [3.63, 3.8) is 0 Å². The fraction of sp³-hybridized carbons (Fsp3) is 0.320. The van der Waals surface area contributed by atoms with Gasteiger partial charge in [-0.2, -0.15) is 0 Å². The molecule has 0 bridgehead atoms. The number of amides is 1. The zero-order valence-corrected chi connectivity index (χ0v) is 19.7. The molecular weight excluding hydrogens is 418 g/mol. The van der Waals surface area contributed by atoms with Gasteiger partial charge in [0.1, 0.15) is 0 Å². The van der Waals surface area contributed by atoms with E-state index in [1.54, 1.807) is 6.20 Å². The number of nitrogens with one attached hydrogen (secondary N) is 2. The molecule has 0 saturated carbocycles. The second-order valence-electron chi connectivity index (χ2n) is 8.40. The highest BCUT2D eigenvalue weighted by atomic mass is 32.1. The summed E-state index contributed by atoms with van der Waals surface area (Å²) in [4.78, 5) is 19.5. The van der Waals surface area contributed by atoms with E-state index >= 15 is 0 Å². The van der Waals surface area contributed by atoms with Gasteiger partial charge in [-0.05, 0) is 74.4 Å². The lowest BCUT2D eigenvalue weighted by molar-refractivity contribution is -0.116. The maximum atomic E-state index is 12.8. The van der Waals surface area contributed by atoms with Crippen LogP contribution in [-0.2, 0) is 11.8 Å². The van der Waals surface area contributed by atoms with E-state index in [0.29, 0.717) is 18.1 Å². The summed E-state index contributed by atoms with van der Waals surface area (Å²) in [5.41, 5.74) is 6.27. The number of nitrogens with zero attached hydrogens (tertiary/aromatic N) is 3. The van der Waals surface area contributed by atoms with Crippen LogP contribution in [0.25, 0.3) is 0 Å². The molecule has 0 spiro atoms. The molecule has 4 rings (SSSR count). The highest BCUT2D eigenvalue weighted by molar-refractivity contribution is 7.80. The number of pyridine rings is 1. The van der Waals surface area contributed by atoms with E-state index in [-0.39, 0.29) is 18.0 Å². The first-order valence-corrected chi connectivity index (χ1v) is 11.2. The van der Waals surface area contributed by atoms with Crippen molar-refractivity contribution in [2.24, 2.45) is 7.05 Å². The van der Waals surface area contributed by atoms with Gasteiger partial charge >= 0.3 is 0 Å². The summed E-state index contributed by atoms with van der Waals surface area (Å²) >= 11 is 5.71. The molecule has 166 valence electrons. The first-order valence-electron chi connectivity index (χ1n) is 10.8. The molecule has 3 aromatic rings. The number of aromatic nitrogens is 2. The minimum Gasteiger partial charge on any atom is -0.352 e. The normalized spacial score (nSPS) is 18.0. The Bertz CT molecular complexity index is 1140. The van der Waals surface area contributed by atoms with Crippen molar-refractivity contribution in [2.45, 2.75) is 39.3 Å². The van der Waals surface area contributed by atoms with E-state index in [4.69, 9.17) is 12.2 Å². The number of hydrogen-bond donors (Lipinski definition) is 2. The molecule has 6 nitrogen and oxygen atoms in total. The van der Waals surface area contributed by atoms with Crippen molar-refractivity contribution in [3.05, 3.63) is 82.9 Å². The van der Waals surface area contributed by atoms with Crippen LogP contribution >= 0.6 is 12.2 Å². The molecule has 32 heavy (non-hydrogen) atoms. The van der Waals surface area contributed by atoms with Crippen LogP contribution in [0, 0.1) is 20.8 Å². The molecule has 3 heterocycles. The summed E-state index contributed by atoms with van der Waals surface area (Å²) in [6.07, 6.45) is 2.14. The molecule has 1 saturated heterocycles. The van der Waals surface area contributed by atoms with Gasteiger partial charge in [-0.25, -0.2) is 0 Å². The summed E-state index contributed by atoms with van der Waals surface area (Å²) in [6, 6.07) is 16.1. The van der Waals surface area contributed by atoms with Gasteiger partial charge in [0.2, 0.25) is 5.91 Å². The van der Waals surface area contributed by atoms with E-state index in [9.17, 15) is 4.79 Å². The van der Waals surface area contributed by atoms with Crippen LogP contribution in [0.1, 0.15) is 46.7 Å². The van der Waals surface area contributed by atoms with Crippen LogP contribution in [0.2, 0.25) is 0 Å². The lowest BCUT2D eigenvalue weighted by Crippen LogP contribution is -2.33. The SMILES string of the molecule is Cc1ccc(C)c(NC(=O)CCN2C(=S)N[C@H](c3ccccn3)[C@H]2c2ccc(C)n2C)c1. The zero-order valence-electron chi connectivity index (χ0n) is 18.9. The molecule has 0 aliphatic carbocycles. The molecule has 0 unspecified atom stereocenters. The van der Waals surface area contributed by atoms with E-state index in [2.05, 4.69) is 51.2 Å². The smallest absolute Gasteiger partial charge is 0.226 e. The predicted octanol–water partition coefficient (Wildman–Crippen LogP) is 4.35. The number of carbonyl (C=O) groups excluding carboxylic acids is 1. The maximum Gasteiger partial charge on any atom is 0.226 e. The predicted molar refractivity (Wildman–Crippen MR) is 131 cm³/mol. The Balaban J connectivity index is 1.56. The van der Waals surface area contributed by atoms with E-state index < -0.39 is 0 Å². The lowest BCUT2D eigenvalue weighted by Gasteiger charge is -2.28. The van der Waals surface area contributed by atoms with Crippen LogP contribution in [-0.4, -0.2) is 32.0 Å². The highest BCUT2D eigenvalue weighted by Gasteiger charge is 2.41. The van der Waals surface area contributed by atoms with Crippen LogP contribution < -0.4 is 10.6 Å². The quantitative estimate of drug-likeness (QED) is 0.550. The monoisotopic (exact) mass is 447 g/mol. The van der Waals surface area contributed by atoms with Crippen LogP contribution in [0.4, 0.5) is 5.69 Å². The molecule has 1 aliphatic heterocycles. The molecular formula is C25H29N5OS. The van der Waals surface area contributed by atoms with Crippen molar-refractivity contribution in [3.8, 4) is 0 Å². The van der Waals surface area contributed by atoms with Crippen molar-refractivity contribution in [2.75, 3.05) is 11.9 Å². The number of rotatable bonds is 6. The maximum absolute atomic E-state index is 12.8. The van der Waals surface area contributed by atoms with Gasteiger partial charge in [0.05, 0.1) is 17.8 Å². The number of anilines is 1. The zero-order chi connectivity index (χ0) is 22.8. The van der Waals surface area contributed by atoms with Gasteiger partial charge in [0.15, 0.2) is 5.11 Å². The van der Waals surface area contributed by atoms with Crippen LogP contribution in [0.3, 0.4) is 0 Å². The summed E-state index contributed by atoms with van der Waals surface area (Å²) < 4.78 is 2.18. The molecule has 1 aromatic carbocycles. The Morgan fingerprint density at radius 3 is 2.66 bits per heavy atom. The fourth-order valence-electron chi connectivity index (χ4n) is 4.20. The van der Waals surface area contributed by atoms with Crippen molar-refractivity contribution < 1.29 is 4.79 Å². The molecule has 2 aromatic heterocycles. The van der Waals surface area contributed by atoms with Crippen LogP contribution in [0.5, 0.6) is 0 Å². The second kappa shape index (κ2) is 9.12. The molecule has 7 heteroatoms. The molecule has 1 amide bonds. The van der Waals surface area contributed by atoms with Gasteiger partial charge in [-0.3, -0.25) is 9.78 Å². The average molecular weight is 448 g/mol. The Kier molecular flexibility index (Phi) is 6.28. The lowest BCUT2D eigenvalue weighted by atomic mass is 10.0. The summed E-state index contributed by atoms with van der Waals surface area (Å²) in [6.45, 7) is 6.62. The molecule has 2 atom stereocenters. The second-order valence-corrected chi connectivity index (χ2v) is 8.78. The Labute approximate surface area is 194 Å². The van der Waals surface area contributed by atoms with Gasteiger partial charge in [0, 0.05) is 43.3 Å².